The molecule has 0 radical (unpaired) electrons. The Morgan fingerprint density at radius 3 is 2.32 bits per heavy atom. The van der Waals surface area contributed by atoms with Gasteiger partial charge in [0.1, 0.15) is 12.4 Å². The van der Waals surface area contributed by atoms with E-state index in [0.29, 0.717) is 23.0 Å². The zero-order chi connectivity index (χ0) is 21.8. The molecule has 0 saturated carbocycles. The highest BCUT2D eigenvalue weighted by molar-refractivity contribution is 9.11. The Bertz CT molecular complexity index is 1300. The molecule has 0 spiro atoms. The van der Waals surface area contributed by atoms with Gasteiger partial charge >= 0.3 is 0 Å². The quantitative estimate of drug-likeness (QED) is 0.183. The fourth-order valence-corrected chi connectivity index (χ4v) is 4.91. The van der Waals surface area contributed by atoms with E-state index in [1.54, 1.807) is 0 Å². The molecule has 0 aliphatic rings. The minimum absolute atomic E-state index is 0.420. The fraction of sp³-hybridized carbons (Fsp3) is 0.0385. The summed E-state index contributed by atoms with van der Waals surface area (Å²) in [5.74, 6) is 0.704. The molecule has 31 heavy (non-hydrogen) atoms. The minimum Gasteiger partial charge on any atom is -0.487 e. The molecule has 4 aromatic carbocycles. The van der Waals surface area contributed by atoms with E-state index < -0.39 is 0 Å². The molecule has 0 aliphatic heterocycles. The van der Waals surface area contributed by atoms with Crippen molar-refractivity contribution < 1.29 is 4.74 Å². The lowest BCUT2D eigenvalue weighted by molar-refractivity contribution is 0.302. The number of fused-ring (bicyclic) bond motifs is 1. The number of hydrogen-bond donors (Lipinski definition) is 0. The molecular formula is C26H16Br2ClNO. The number of ether oxygens (including phenoxy) is 1. The summed E-state index contributed by atoms with van der Waals surface area (Å²) in [5.41, 5.74) is 3.43. The number of rotatable bonds is 5. The Kier molecular flexibility index (Phi) is 6.77. The summed E-state index contributed by atoms with van der Waals surface area (Å²) in [6.07, 6.45) is 1.89. The SMILES string of the molecule is N#C/C(=C/c1cc(Br)c(OCc2ccc(Cl)cc2)c(Br)c1)c1cccc2ccccc12. The van der Waals surface area contributed by atoms with E-state index in [1.807, 2.05) is 84.9 Å². The Hall–Kier alpha value is -2.58. The van der Waals surface area contributed by atoms with Gasteiger partial charge in [-0.05, 0) is 84.1 Å². The van der Waals surface area contributed by atoms with Crippen LogP contribution in [-0.4, -0.2) is 0 Å². The molecule has 0 N–H and O–H groups in total. The van der Waals surface area contributed by atoms with E-state index in [1.165, 1.54) is 0 Å². The third-order valence-corrected chi connectivity index (χ3v) is 6.26. The molecule has 152 valence electrons. The van der Waals surface area contributed by atoms with Crippen molar-refractivity contribution in [2.24, 2.45) is 0 Å². The first-order valence-electron chi connectivity index (χ1n) is 9.51. The molecule has 5 heteroatoms. The summed E-state index contributed by atoms with van der Waals surface area (Å²) in [4.78, 5) is 0. The number of nitriles is 1. The molecule has 4 aromatic rings. The van der Waals surface area contributed by atoms with Crippen LogP contribution in [0.2, 0.25) is 5.02 Å². The van der Waals surface area contributed by atoms with E-state index in [0.717, 1.165) is 36.4 Å². The topological polar surface area (TPSA) is 33.0 Å². The number of halogens is 3. The van der Waals surface area contributed by atoms with Crippen molar-refractivity contribution in [1.29, 1.82) is 5.26 Å². The van der Waals surface area contributed by atoms with Crippen LogP contribution >= 0.6 is 43.5 Å². The van der Waals surface area contributed by atoms with Crippen molar-refractivity contribution in [3.63, 3.8) is 0 Å². The second-order valence-corrected chi connectivity index (χ2v) is 9.07. The third kappa shape index (κ3) is 5.02. The maximum atomic E-state index is 9.85. The highest BCUT2D eigenvalue weighted by Crippen LogP contribution is 2.37. The van der Waals surface area contributed by atoms with Crippen LogP contribution in [0.1, 0.15) is 16.7 Å². The normalized spacial score (nSPS) is 11.4. The van der Waals surface area contributed by atoms with Gasteiger partial charge in [0, 0.05) is 10.6 Å². The van der Waals surface area contributed by atoms with E-state index >= 15 is 0 Å². The maximum absolute atomic E-state index is 9.85. The number of benzene rings is 4. The number of allylic oxidation sites excluding steroid dienone is 1. The molecule has 0 aliphatic carbocycles. The highest BCUT2D eigenvalue weighted by atomic mass is 79.9. The van der Waals surface area contributed by atoms with Crippen molar-refractivity contribution >= 4 is 65.9 Å². The van der Waals surface area contributed by atoms with Crippen molar-refractivity contribution in [2.45, 2.75) is 6.61 Å². The van der Waals surface area contributed by atoms with E-state index in [4.69, 9.17) is 16.3 Å². The predicted octanol–water partition coefficient (Wildman–Crippen LogP) is 8.66. The lowest BCUT2D eigenvalue weighted by Gasteiger charge is -2.12. The minimum atomic E-state index is 0.420. The standard InChI is InChI=1S/C26H16Br2ClNO/c27-24-13-18(14-25(28)26(24)31-16-17-8-10-21(29)11-9-17)12-20(15-30)23-7-3-5-19-4-1-2-6-22(19)23/h1-14H,16H2/b20-12-. The van der Waals surface area contributed by atoms with Crippen LogP contribution in [0.5, 0.6) is 5.75 Å². The fourth-order valence-electron chi connectivity index (χ4n) is 3.33. The first-order valence-corrected chi connectivity index (χ1v) is 11.5. The average molecular weight is 554 g/mol. The zero-order valence-corrected chi connectivity index (χ0v) is 20.2. The molecule has 0 bridgehead atoms. The molecule has 0 fully saturated rings. The van der Waals surface area contributed by atoms with Gasteiger partial charge in [-0.1, -0.05) is 66.2 Å². The maximum Gasteiger partial charge on any atom is 0.148 e. The Morgan fingerprint density at radius 2 is 1.61 bits per heavy atom. The van der Waals surface area contributed by atoms with Crippen LogP contribution in [-0.2, 0) is 6.61 Å². The van der Waals surface area contributed by atoms with Crippen LogP contribution in [0.25, 0.3) is 22.4 Å². The molecule has 4 rings (SSSR count). The van der Waals surface area contributed by atoms with Crippen molar-refractivity contribution in [3.8, 4) is 11.8 Å². The molecule has 2 nitrogen and oxygen atoms in total. The van der Waals surface area contributed by atoms with Crippen molar-refractivity contribution in [3.05, 3.63) is 110 Å². The highest BCUT2D eigenvalue weighted by Gasteiger charge is 2.11. The van der Waals surface area contributed by atoms with Gasteiger partial charge in [0.2, 0.25) is 0 Å². The molecule has 0 unspecified atom stereocenters. The van der Waals surface area contributed by atoms with Gasteiger partial charge in [-0.2, -0.15) is 5.26 Å². The van der Waals surface area contributed by atoms with Crippen molar-refractivity contribution in [2.75, 3.05) is 0 Å². The van der Waals surface area contributed by atoms with Crippen LogP contribution in [0.4, 0.5) is 0 Å². The van der Waals surface area contributed by atoms with Gasteiger partial charge in [0.15, 0.2) is 0 Å². The van der Waals surface area contributed by atoms with Crippen LogP contribution in [0.15, 0.2) is 87.8 Å². The summed E-state index contributed by atoms with van der Waals surface area (Å²) in [6.45, 7) is 0.420. The summed E-state index contributed by atoms with van der Waals surface area (Å²) >= 11 is 13.1. The molecule has 0 saturated heterocycles. The third-order valence-electron chi connectivity index (χ3n) is 4.83. The molecule has 0 atom stereocenters. The average Bonchev–Trinajstić information content (AvgIpc) is 2.78. The smallest absolute Gasteiger partial charge is 0.148 e. The molecule has 0 aromatic heterocycles. The first kappa shape index (κ1) is 21.6. The van der Waals surface area contributed by atoms with E-state index in [2.05, 4.69) is 37.9 Å². The van der Waals surface area contributed by atoms with E-state index in [-0.39, 0.29) is 0 Å². The summed E-state index contributed by atoms with van der Waals surface area (Å²) in [5, 5.41) is 12.7. The molecular weight excluding hydrogens is 538 g/mol. The second-order valence-electron chi connectivity index (χ2n) is 6.93. The lowest BCUT2D eigenvalue weighted by Crippen LogP contribution is -1.97. The zero-order valence-electron chi connectivity index (χ0n) is 16.3. The monoisotopic (exact) mass is 551 g/mol. The van der Waals surface area contributed by atoms with Crippen molar-refractivity contribution in [1.82, 2.24) is 0 Å². The van der Waals surface area contributed by atoms with Crippen LogP contribution in [0.3, 0.4) is 0 Å². The molecule has 0 amide bonds. The predicted molar refractivity (Wildman–Crippen MR) is 135 cm³/mol. The summed E-state index contributed by atoms with van der Waals surface area (Å²) in [6, 6.07) is 27.9. The van der Waals surface area contributed by atoms with Gasteiger partial charge < -0.3 is 4.74 Å². The van der Waals surface area contributed by atoms with E-state index in [9.17, 15) is 5.26 Å². The van der Waals surface area contributed by atoms with Gasteiger partial charge in [-0.3, -0.25) is 0 Å². The van der Waals surface area contributed by atoms with Gasteiger partial charge in [-0.15, -0.1) is 0 Å². The lowest BCUT2D eigenvalue weighted by atomic mass is 9.97. The Morgan fingerprint density at radius 1 is 0.935 bits per heavy atom. The van der Waals surface area contributed by atoms with Crippen LogP contribution in [0, 0.1) is 11.3 Å². The number of nitrogens with zero attached hydrogens (tertiary/aromatic N) is 1. The largest absolute Gasteiger partial charge is 0.487 e. The Labute approximate surface area is 203 Å². The van der Waals surface area contributed by atoms with Gasteiger partial charge in [-0.25, -0.2) is 0 Å². The summed E-state index contributed by atoms with van der Waals surface area (Å²) in [7, 11) is 0. The molecule has 0 heterocycles. The Balaban J connectivity index is 1.64. The first-order chi connectivity index (χ1) is 15.0. The van der Waals surface area contributed by atoms with Gasteiger partial charge in [0.25, 0.3) is 0 Å². The number of hydrogen-bond acceptors (Lipinski definition) is 2. The second kappa shape index (κ2) is 9.70. The van der Waals surface area contributed by atoms with Crippen LogP contribution < -0.4 is 4.74 Å². The summed E-state index contributed by atoms with van der Waals surface area (Å²) < 4.78 is 7.61. The van der Waals surface area contributed by atoms with Gasteiger partial charge in [0.05, 0.1) is 20.6 Å².